The highest BCUT2D eigenvalue weighted by atomic mass is 32.1. The van der Waals surface area contributed by atoms with E-state index in [-0.39, 0.29) is 0 Å². The van der Waals surface area contributed by atoms with Gasteiger partial charge in [0.15, 0.2) is 0 Å². The highest BCUT2D eigenvalue weighted by Crippen LogP contribution is 2.38. The molecule has 0 radical (unpaired) electrons. The number of likely N-dealkylation sites (N-methyl/N-ethyl adjacent to an activating group) is 1. The number of nitrogens with zero attached hydrogens (tertiary/aromatic N) is 3. The van der Waals surface area contributed by atoms with Crippen molar-refractivity contribution in [1.29, 1.82) is 0 Å². The Bertz CT molecular complexity index is 1170. The maximum absolute atomic E-state index is 4.63. The first kappa shape index (κ1) is 17.8. The maximum Gasteiger partial charge on any atom is 0.125 e. The van der Waals surface area contributed by atoms with Crippen LogP contribution in [0.25, 0.3) is 26.0 Å². The molecule has 3 aromatic heterocycles. The number of hydrogen-bond acceptors (Lipinski definition) is 6. The SMILES string of the molecule is CCN1CCC=C(c2cc3c(Nc4ccc5scnc5c4)ccnc3s2)[C@H]1C. The van der Waals surface area contributed by atoms with E-state index in [9.17, 15) is 0 Å². The number of fused-ring (bicyclic) bond motifs is 2. The molecule has 0 saturated carbocycles. The van der Waals surface area contributed by atoms with E-state index in [1.807, 2.05) is 11.7 Å². The Hall–Kier alpha value is -2.28. The molecule has 28 heavy (non-hydrogen) atoms. The lowest BCUT2D eigenvalue weighted by atomic mass is 9.99. The Morgan fingerprint density at radius 2 is 2.14 bits per heavy atom. The summed E-state index contributed by atoms with van der Waals surface area (Å²) in [7, 11) is 0. The van der Waals surface area contributed by atoms with Crippen LogP contribution in [0.4, 0.5) is 11.4 Å². The van der Waals surface area contributed by atoms with Crippen molar-refractivity contribution in [2.75, 3.05) is 18.4 Å². The number of rotatable bonds is 4. The second kappa shape index (κ2) is 7.28. The van der Waals surface area contributed by atoms with Gasteiger partial charge in [0.2, 0.25) is 0 Å². The first-order chi connectivity index (χ1) is 13.7. The summed E-state index contributed by atoms with van der Waals surface area (Å²) in [5.41, 5.74) is 6.51. The number of anilines is 2. The van der Waals surface area contributed by atoms with Crippen LogP contribution in [0.5, 0.6) is 0 Å². The van der Waals surface area contributed by atoms with Crippen LogP contribution in [0.15, 0.2) is 48.1 Å². The van der Waals surface area contributed by atoms with Gasteiger partial charge in [0.25, 0.3) is 0 Å². The van der Waals surface area contributed by atoms with Crippen LogP contribution in [0.3, 0.4) is 0 Å². The lowest BCUT2D eigenvalue weighted by Crippen LogP contribution is -2.36. The molecule has 0 amide bonds. The maximum atomic E-state index is 4.63. The van der Waals surface area contributed by atoms with Gasteiger partial charge in [0, 0.05) is 34.7 Å². The number of hydrogen-bond donors (Lipinski definition) is 1. The molecule has 0 aliphatic carbocycles. The number of benzene rings is 1. The van der Waals surface area contributed by atoms with Gasteiger partial charge in [-0.25, -0.2) is 9.97 Å². The van der Waals surface area contributed by atoms with Crippen molar-refractivity contribution in [3.63, 3.8) is 0 Å². The Kier molecular flexibility index (Phi) is 4.62. The van der Waals surface area contributed by atoms with E-state index in [1.165, 1.54) is 20.5 Å². The predicted octanol–water partition coefficient (Wildman–Crippen LogP) is 6.15. The van der Waals surface area contributed by atoms with Gasteiger partial charge in [-0.1, -0.05) is 13.0 Å². The average Bonchev–Trinajstić information content (AvgIpc) is 3.35. The van der Waals surface area contributed by atoms with Gasteiger partial charge < -0.3 is 5.32 Å². The first-order valence-electron chi connectivity index (χ1n) is 9.66. The van der Waals surface area contributed by atoms with Crippen molar-refractivity contribution in [3.8, 4) is 0 Å². The lowest BCUT2D eigenvalue weighted by Gasteiger charge is -2.32. The number of thiazole rings is 1. The Balaban J connectivity index is 1.51. The highest BCUT2D eigenvalue weighted by Gasteiger charge is 2.23. The van der Waals surface area contributed by atoms with Crippen LogP contribution in [-0.4, -0.2) is 34.0 Å². The summed E-state index contributed by atoms with van der Waals surface area (Å²) in [6.07, 6.45) is 5.42. The molecule has 0 spiro atoms. The summed E-state index contributed by atoms with van der Waals surface area (Å²) >= 11 is 3.46. The predicted molar refractivity (Wildman–Crippen MR) is 122 cm³/mol. The second-order valence-electron chi connectivity index (χ2n) is 7.10. The van der Waals surface area contributed by atoms with Gasteiger partial charge in [0.05, 0.1) is 21.4 Å². The van der Waals surface area contributed by atoms with Gasteiger partial charge in [0.1, 0.15) is 4.83 Å². The van der Waals surface area contributed by atoms with Crippen molar-refractivity contribution in [2.45, 2.75) is 26.3 Å². The van der Waals surface area contributed by atoms with Crippen molar-refractivity contribution >= 4 is 60.1 Å². The minimum absolute atomic E-state index is 0.454. The number of pyridine rings is 1. The molecule has 1 N–H and O–H groups in total. The zero-order valence-corrected chi connectivity index (χ0v) is 17.6. The number of aromatic nitrogens is 2. The Morgan fingerprint density at radius 1 is 1.21 bits per heavy atom. The minimum atomic E-state index is 0.454. The molecular formula is C22H22N4S2. The third-order valence-corrected chi connectivity index (χ3v) is 7.42. The summed E-state index contributed by atoms with van der Waals surface area (Å²) in [4.78, 5) is 14.0. The normalized spacial score (nSPS) is 17.9. The molecule has 142 valence electrons. The van der Waals surface area contributed by atoms with E-state index in [1.54, 1.807) is 22.7 Å². The molecule has 1 aliphatic rings. The molecule has 6 heteroatoms. The molecule has 1 atom stereocenters. The smallest absolute Gasteiger partial charge is 0.125 e. The molecule has 1 aliphatic heterocycles. The van der Waals surface area contributed by atoms with Crippen LogP contribution in [0.2, 0.25) is 0 Å². The molecule has 0 bridgehead atoms. The van der Waals surface area contributed by atoms with Crippen LogP contribution in [-0.2, 0) is 0 Å². The molecule has 0 fully saturated rings. The standard InChI is InChI=1S/C22H22N4S2/c1-3-26-10-4-5-16(14(26)2)21-12-17-18(8-9-23-22(17)28-21)25-15-6-7-20-19(11-15)24-13-27-20/h5-9,11-14H,3-4,10H2,1-2H3,(H,23,25)/t14-/m1/s1. The first-order valence-corrected chi connectivity index (χ1v) is 11.4. The molecule has 4 heterocycles. The third-order valence-electron chi connectivity index (χ3n) is 5.51. The summed E-state index contributed by atoms with van der Waals surface area (Å²) in [6.45, 7) is 6.80. The number of thiophene rings is 1. The van der Waals surface area contributed by atoms with Gasteiger partial charge in [-0.05, 0) is 55.8 Å². The minimum Gasteiger partial charge on any atom is -0.355 e. The summed E-state index contributed by atoms with van der Waals surface area (Å²) < 4.78 is 1.21. The van der Waals surface area contributed by atoms with Crippen LogP contribution >= 0.6 is 22.7 Å². The van der Waals surface area contributed by atoms with Gasteiger partial charge in [-0.15, -0.1) is 22.7 Å². The highest BCUT2D eigenvalue weighted by molar-refractivity contribution is 7.19. The fourth-order valence-corrected chi connectivity index (χ4v) is 5.78. The molecule has 0 saturated heterocycles. The zero-order chi connectivity index (χ0) is 19.1. The largest absolute Gasteiger partial charge is 0.355 e. The average molecular weight is 407 g/mol. The monoisotopic (exact) mass is 406 g/mol. The topological polar surface area (TPSA) is 41.0 Å². The zero-order valence-electron chi connectivity index (χ0n) is 16.0. The lowest BCUT2D eigenvalue weighted by molar-refractivity contribution is 0.257. The van der Waals surface area contributed by atoms with E-state index < -0.39 is 0 Å². The molecular weight excluding hydrogens is 384 g/mol. The molecule has 0 unspecified atom stereocenters. The van der Waals surface area contributed by atoms with Gasteiger partial charge in [-0.3, -0.25) is 4.90 Å². The van der Waals surface area contributed by atoms with Gasteiger partial charge in [-0.2, -0.15) is 0 Å². The van der Waals surface area contributed by atoms with Crippen LogP contribution in [0.1, 0.15) is 25.1 Å². The van der Waals surface area contributed by atoms with E-state index in [0.29, 0.717) is 6.04 Å². The van der Waals surface area contributed by atoms with E-state index >= 15 is 0 Å². The molecule has 4 aromatic rings. The van der Waals surface area contributed by atoms with Crippen LogP contribution in [0, 0.1) is 0 Å². The molecule has 4 nitrogen and oxygen atoms in total. The Morgan fingerprint density at radius 3 is 3.04 bits per heavy atom. The van der Waals surface area contributed by atoms with E-state index in [2.05, 4.69) is 70.4 Å². The summed E-state index contributed by atoms with van der Waals surface area (Å²) in [6, 6.07) is 11.2. The summed E-state index contributed by atoms with van der Waals surface area (Å²) in [5, 5.41) is 4.76. The quantitative estimate of drug-likeness (QED) is 0.441. The fourth-order valence-electron chi connectivity index (χ4n) is 3.97. The summed E-state index contributed by atoms with van der Waals surface area (Å²) in [5.74, 6) is 0. The fraction of sp³-hybridized carbons (Fsp3) is 0.273. The molecule has 1 aromatic carbocycles. The molecule has 5 rings (SSSR count). The second-order valence-corrected chi connectivity index (χ2v) is 9.02. The van der Waals surface area contributed by atoms with Crippen molar-refractivity contribution in [2.24, 2.45) is 0 Å². The van der Waals surface area contributed by atoms with Gasteiger partial charge >= 0.3 is 0 Å². The van der Waals surface area contributed by atoms with E-state index in [0.717, 1.165) is 41.2 Å². The Labute approximate surface area is 172 Å². The number of nitrogens with one attached hydrogen (secondary N) is 1. The van der Waals surface area contributed by atoms with Crippen molar-refractivity contribution < 1.29 is 0 Å². The van der Waals surface area contributed by atoms with Crippen LogP contribution < -0.4 is 5.32 Å². The van der Waals surface area contributed by atoms with Crippen molar-refractivity contribution in [1.82, 2.24) is 14.9 Å². The third kappa shape index (κ3) is 3.11. The van der Waals surface area contributed by atoms with E-state index in [4.69, 9.17) is 0 Å². The van der Waals surface area contributed by atoms with Crippen molar-refractivity contribution in [3.05, 3.63) is 53.0 Å².